The highest BCUT2D eigenvalue weighted by molar-refractivity contribution is 5.91. The van der Waals surface area contributed by atoms with Crippen molar-refractivity contribution in [2.75, 3.05) is 24.3 Å². The minimum atomic E-state index is -0.0195. The predicted octanol–water partition coefficient (Wildman–Crippen LogP) is 3.97. The molecular formula is C25H33N5O. The van der Waals surface area contributed by atoms with Gasteiger partial charge in [-0.1, -0.05) is 30.3 Å². The lowest BCUT2D eigenvalue weighted by Crippen LogP contribution is -2.39. The second kappa shape index (κ2) is 9.94. The van der Waals surface area contributed by atoms with Crippen molar-refractivity contribution < 1.29 is 4.79 Å². The van der Waals surface area contributed by atoms with Crippen LogP contribution in [0.2, 0.25) is 0 Å². The van der Waals surface area contributed by atoms with Gasteiger partial charge in [0, 0.05) is 37.8 Å². The molecule has 164 valence electrons. The van der Waals surface area contributed by atoms with Gasteiger partial charge in [-0.25, -0.2) is 4.98 Å². The van der Waals surface area contributed by atoms with Crippen molar-refractivity contribution in [3.05, 3.63) is 53.2 Å². The molecule has 31 heavy (non-hydrogen) atoms. The van der Waals surface area contributed by atoms with E-state index < -0.39 is 0 Å². The van der Waals surface area contributed by atoms with Crippen molar-refractivity contribution in [3.63, 3.8) is 0 Å². The highest BCUT2D eigenvalue weighted by Gasteiger charge is 2.24. The van der Waals surface area contributed by atoms with Crippen molar-refractivity contribution >= 4 is 23.7 Å². The number of aryl methyl sites for hydroxylation is 1. The van der Waals surface area contributed by atoms with Gasteiger partial charge in [-0.15, -0.1) is 0 Å². The van der Waals surface area contributed by atoms with Gasteiger partial charge >= 0.3 is 0 Å². The van der Waals surface area contributed by atoms with Gasteiger partial charge in [-0.05, 0) is 63.0 Å². The monoisotopic (exact) mass is 419 g/mol. The van der Waals surface area contributed by atoms with Gasteiger partial charge < -0.3 is 15.5 Å². The van der Waals surface area contributed by atoms with Gasteiger partial charge in [0.05, 0.1) is 5.69 Å². The Hall–Kier alpha value is -2.89. The molecule has 0 bridgehead atoms. The topological polar surface area (TPSA) is 70.2 Å². The second-order valence-electron chi connectivity index (χ2n) is 8.84. The molecule has 0 spiro atoms. The Labute approximate surface area is 185 Å². The molecule has 0 saturated heterocycles. The van der Waals surface area contributed by atoms with Gasteiger partial charge in [-0.2, -0.15) is 4.98 Å². The SMILES string of the molecule is CN(C)c1nc(N[C@H]2CC[C@@H](NC(=O)/C=C/c3ccccc3)CC2)nc2c1CCCC2. The normalized spacial score (nSPS) is 20.8. The number of amides is 1. The molecule has 2 aromatic rings. The first-order valence-corrected chi connectivity index (χ1v) is 11.5. The highest BCUT2D eigenvalue weighted by atomic mass is 16.1. The fourth-order valence-corrected chi connectivity index (χ4v) is 4.56. The van der Waals surface area contributed by atoms with Crippen LogP contribution >= 0.6 is 0 Å². The maximum Gasteiger partial charge on any atom is 0.244 e. The summed E-state index contributed by atoms with van der Waals surface area (Å²) in [7, 11) is 4.11. The zero-order chi connectivity index (χ0) is 21.6. The molecule has 1 aromatic carbocycles. The highest BCUT2D eigenvalue weighted by Crippen LogP contribution is 2.29. The van der Waals surface area contributed by atoms with Crippen LogP contribution in [0.15, 0.2) is 36.4 Å². The molecule has 0 radical (unpaired) electrons. The largest absolute Gasteiger partial charge is 0.362 e. The van der Waals surface area contributed by atoms with E-state index in [-0.39, 0.29) is 11.9 Å². The lowest BCUT2D eigenvalue weighted by atomic mass is 9.91. The Morgan fingerprint density at radius 1 is 1.00 bits per heavy atom. The lowest BCUT2D eigenvalue weighted by Gasteiger charge is -2.30. The number of hydrogen-bond donors (Lipinski definition) is 2. The Morgan fingerprint density at radius 3 is 2.45 bits per heavy atom. The van der Waals surface area contributed by atoms with Gasteiger partial charge in [0.15, 0.2) is 0 Å². The molecule has 1 saturated carbocycles. The lowest BCUT2D eigenvalue weighted by molar-refractivity contribution is -0.117. The summed E-state index contributed by atoms with van der Waals surface area (Å²) < 4.78 is 0. The number of benzene rings is 1. The number of rotatable bonds is 6. The van der Waals surface area contributed by atoms with Crippen LogP contribution in [-0.2, 0) is 17.6 Å². The Morgan fingerprint density at radius 2 is 1.71 bits per heavy atom. The number of nitrogens with zero attached hydrogens (tertiary/aromatic N) is 3. The van der Waals surface area contributed by atoms with E-state index in [0.29, 0.717) is 6.04 Å². The van der Waals surface area contributed by atoms with Crippen LogP contribution < -0.4 is 15.5 Å². The van der Waals surface area contributed by atoms with E-state index >= 15 is 0 Å². The standard InChI is InChI=1S/C25H33N5O/c1-30(2)24-21-10-6-7-11-22(21)28-25(29-24)27-20-15-13-19(14-16-20)26-23(31)17-12-18-8-4-3-5-9-18/h3-5,8-9,12,17,19-20H,6-7,10-11,13-16H2,1-2H3,(H,26,31)(H,27,28,29)/b17-12+/t19-,20+. The van der Waals surface area contributed by atoms with E-state index in [2.05, 4.69) is 29.6 Å². The Kier molecular flexibility index (Phi) is 6.85. The first kappa shape index (κ1) is 21.3. The average molecular weight is 420 g/mol. The summed E-state index contributed by atoms with van der Waals surface area (Å²) in [6.45, 7) is 0. The van der Waals surface area contributed by atoms with Gasteiger partial charge in [0.25, 0.3) is 0 Å². The molecular weight excluding hydrogens is 386 g/mol. The molecule has 2 aliphatic rings. The van der Waals surface area contributed by atoms with Crippen LogP contribution in [0.4, 0.5) is 11.8 Å². The summed E-state index contributed by atoms with van der Waals surface area (Å²) in [6, 6.07) is 10.5. The zero-order valence-corrected chi connectivity index (χ0v) is 18.6. The molecule has 4 rings (SSSR count). The molecule has 6 heteroatoms. The minimum absolute atomic E-state index is 0.0195. The Bertz CT molecular complexity index is 917. The number of hydrogen-bond acceptors (Lipinski definition) is 5. The first-order chi connectivity index (χ1) is 15.1. The first-order valence-electron chi connectivity index (χ1n) is 11.5. The summed E-state index contributed by atoms with van der Waals surface area (Å²) in [5.74, 6) is 1.79. The minimum Gasteiger partial charge on any atom is -0.362 e. The fraction of sp³-hybridized carbons (Fsp3) is 0.480. The smallest absolute Gasteiger partial charge is 0.244 e. The van der Waals surface area contributed by atoms with Crippen molar-refractivity contribution in [3.8, 4) is 0 Å². The summed E-state index contributed by atoms with van der Waals surface area (Å²) in [6.07, 6.45) is 12.0. The molecule has 2 aliphatic carbocycles. The van der Waals surface area contributed by atoms with E-state index in [0.717, 1.165) is 55.9 Å². The summed E-state index contributed by atoms with van der Waals surface area (Å²) >= 11 is 0. The van der Waals surface area contributed by atoms with Gasteiger partial charge in [0.2, 0.25) is 11.9 Å². The van der Waals surface area contributed by atoms with Crippen LogP contribution in [0.25, 0.3) is 6.08 Å². The van der Waals surface area contributed by atoms with Crippen LogP contribution in [0, 0.1) is 0 Å². The fourth-order valence-electron chi connectivity index (χ4n) is 4.56. The maximum atomic E-state index is 12.3. The van der Waals surface area contributed by atoms with E-state index in [1.54, 1.807) is 6.08 Å². The number of carbonyl (C=O) groups excluding carboxylic acids is 1. The third kappa shape index (κ3) is 5.63. The maximum absolute atomic E-state index is 12.3. The third-order valence-electron chi connectivity index (χ3n) is 6.22. The van der Waals surface area contributed by atoms with Gasteiger partial charge in [-0.3, -0.25) is 4.79 Å². The Balaban J connectivity index is 1.30. The van der Waals surface area contributed by atoms with Crippen molar-refractivity contribution in [2.24, 2.45) is 0 Å². The number of nitrogens with one attached hydrogen (secondary N) is 2. The third-order valence-corrected chi connectivity index (χ3v) is 6.22. The molecule has 1 aromatic heterocycles. The quantitative estimate of drug-likeness (QED) is 0.693. The number of carbonyl (C=O) groups is 1. The summed E-state index contributed by atoms with van der Waals surface area (Å²) in [5, 5.41) is 6.72. The van der Waals surface area contributed by atoms with E-state index in [4.69, 9.17) is 9.97 Å². The zero-order valence-electron chi connectivity index (χ0n) is 18.6. The number of fused-ring (bicyclic) bond motifs is 1. The van der Waals surface area contributed by atoms with Gasteiger partial charge in [0.1, 0.15) is 5.82 Å². The molecule has 2 N–H and O–H groups in total. The van der Waals surface area contributed by atoms with Crippen molar-refractivity contribution in [1.82, 2.24) is 15.3 Å². The molecule has 1 amide bonds. The average Bonchev–Trinajstić information content (AvgIpc) is 2.79. The summed E-state index contributed by atoms with van der Waals surface area (Å²) in [4.78, 5) is 24.0. The van der Waals surface area contributed by atoms with Crippen LogP contribution in [0.3, 0.4) is 0 Å². The van der Waals surface area contributed by atoms with Crippen molar-refractivity contribution in [2.45, 2.75) is 63.5 Å². The molecule has 1 heterocycles. The molecule has 0 atom stereocenters. The predicted molar refractivity (Wildman–Crippen MR) is 126 cm³/mol. The van der Waals surface area contributed by atoms with E-state index in [1.807, 2.05) is 36.4 Å². The number of aromatic nitrogens is 2. The van der Waals surface area contributed by atoms with E-state index in [9.17, 15) is 4.79 Å². The molecule has 1 fully saturated rings. The van der Waals surface area contributed by atoms with Crippen molar-refractivity contribution in [1.29, 1.82) is 0 Å². The molecule has 6 nitrogen and oxygen atoms in total. The summed E-state index contributed by atoms with van der Waals surface area (Å²) in [5.41, 5.74) is 3.56. The number of anilines is 2. The van der Waals surface area contributed by atoms with Crippen LogP contribution in [0.1, 0.15) is 55.3 Å². The van der Waals surface area contributed by atoms with Crippen LogP contribution in [-0.4, -0.2) is 42.1 Å². The van der Waals surface area contributed by atoms with Crippen LogP contribution in [0.5, 0.6) is 0 Å². The second-order valence-corrected chi connectivity index (χ2v) is 8.84. The molecule has 0 unspecified atom stereocenters. The molecule has 0 aliphatic heterocycles. The van der Waals surface area contributed by atoms with E-state index in [1.165, 1.54) is 24.1 Å².